The second-order valence-electron chi connectivity index (χ2n) is 2.48. The molecule has 64 valence electrons. The van der Waals surface area contributed by atoms with Crippen LogP contribution in [-0.4, -0.2) is 11.5 Å². The number of nitrogens with zero attached hydrogens (tertiary/aromatic N) is 1. The average Bonchev–Trinajstić information content (AvgIpc) is 2.05. The van der Waals surface area contributed by atoms with Crippen molar-refractivity contribution < 1.29 is 0 Å². The van der Waals surface area contributed by atoms with Gasteiger partial charge in [-0.15, -0.1) is 0 Å². The van der Waals surface area contributed by atoms with E-state index in [1.165, 1.54) is 5.56 Å². The number of nitrogens with one attached hydrogen (secondary N) is 1. The minimum Gasteiger partial charge on any atom is -0.308 e. The summed E-state index contributed by atoms with van der Waals surface area (Å²) in [4.78, 5) is 3.93. The highest BCUT2D eigenvalue weighted by atomic mass is 79.9. The fraction of sp³-hybridized carbons (Fsp3) is 0.222. The summed E-state index contributed by atoms with van der Waals surface area (Å²) in [6.45, 7) is 5.38. The predicted molar refractivity (Wildman–Crippen MR) is 54.0 cm³/mol. The summed E-state index contributed by atoms with van der Waals surface area (Å²) in [5.74, 6) is 0. The molecule has 0 fully saturated rings. The Bertz CT molecular complexity index is 246. The minimum atomic E-state index is 0.794. The molecule has 2 nitrogen and oxygen atoms in total. The Morgan fingerprint density at radius 3 is 2.75 bits per heavy atom. The Labute approximate surface area is 80.8 Å². The van der Waals surface area contributed by atoms with Crippen LogP contribution in [0.5, 0.6) is 0 Å². The number of hydrogen-bond donors (Lipinski definition) is 1. The van der Waals surface area contributed by atoms with Crippen molar-refractivity contribution in [1.82, 2.24) is 10.3 Å². The van der Waals surface area contributed by atoms with Gasteiger partial charge in [0.1, 0.15) is 0 Å². The molecule has 12 heavy (non-hydrogen) atoms. The van der Waals surface area contributed by atoms with Crippen LogP contribution in [0.2, 0.25) is 0 Å². The number of rotatable bonds is 4. The van der Waals surface area contributed by atoms with Crippen molar-refractivity contribution in [3.63, 3.8) is 0 Å². The monoisotopic (exact) mass is 226 g/mol. The van der Waals surface area contributed by atoms with Gasteiger partial charge in [-0.05, 0) is 17.7 Å². The van der Waals surface area contributed by atoms with Gasteiger partial charge in [0.15, 0.2) is 0 Å². The third-order valence-electron chi connectivity index (χ3n) is 1.40. The van der Waals surface area contributed by atoms with Crippen molar-refractivity contribution in [2.45, 2.75) is 6.54 Å². The zero-order chi connectivity index (χ0) is 8.81. The van der Waals surface area contributed by atoms with Gasteiger partial charge < -0.3 is 5.32 Å². The molecule has 1 aromatic heterocycles. The second kappa shape index (κ2) is 5.06. The van der Waals surface area contributed by atoms with E-state index in [-0.39, 0.29) is 0 Å². The maximum atomic E-state index is 3.93. The molecule has 1 heterocycles. The summed E-state index contributed by atoms with van der Waals surface area (Å²) in [5, 5.41) is 3.23. The molecule has 0 saturated carbocycles. The van der Waals surface area contributed by atoms with Gasteiger partial charge in [-0.3, -0.25) is 4.98 Å². The molecule has 0 spiro atoms. The van der Waals surface area contributed by atoms with E-state index in [4.69, 9.17) is 0 Å². The lowest BCUT2D eigenvalue weighted by molar-refractivity contribution is 0.756. The predicted octanol–water partition coefficient (Wildman–Crippen LogP) is 2.08. The lowest BCUT2D eigenvalue weighted by Gasteiger charge is -2.02. The standard InChI is InChI=1S/C9H11BrN2/c1-8(10)6-12-7-9-2-4-11-5-3-9/h2-5,12H,1,6-7H2. The Kier molecular flexibility index (Phi) is 3.97. The highest BCUT2D eigenvalue weighted by Gasteiger charge is 1.90. The number of pyridine rings is 1. The largest absolute Gasteiger partial charge is 0.308 e. The van der Waals surface area contributed by atoms with Gasteiger partial charge in [0.05, 0.1) is 0 Å². The first kappa shape index (κ1) is 9.42. The van der Waals surface area contributed by atoms with Crippen LogP contribution >= 0.6 is 15.9 Å². The molecule has 0 radical (unpaired) electrons. The fourth-order valence-electron chi connectivity index (χ4n) is 0.843. The first-order valence-electron chi connectivity index (χ1n) is 3.72. The third kappa shape index (κ3) is 3.64. The summed E-state index contributed by atoms with van der Waals surface area (Å²) >= 11 is 3.28. The zero-order valence-corrected chi connectivity index (χ0v) is 8.34. The van der Waals surface area contributed by atoms with Crippen molar-refractivity contribution in [1.29, 1.82) is 0 Å². The zero-order valence-electron chi connectivity index (χ0n) is 6.76. The van der Waals surface area contributed by atoms with Crippen LogP contribution in [0.1, 0.15) is 5.56 Å². The Hall–Kier alpha value is -0.670. The highest BCUT2D eigenvalue weighted by molar-refractivity contribution is 9.11. The molecule has 0 amide bonds. The maximum Gasteiger partial charge on any atom is 0.0271 e. The molecule has 3 heteroatoms. The van der Waals surface area contributed by atoms with E-state index in [2.05, 4.69) is 32.8 Å². The molecule has 0 aliphatic heterocycles. The van der Waals surface area contributed by atoms with E-state index in [1.807, 2.05) is 12.1 Å². The second-order valence-corrected chi connectivity index (χ2v) is 3.60. The molecule has 0 bridgehead atoms. The van der Waals surface area contributed by atoms with Gasteiger partial charge in [-0.1, -0.05) is 22.5 Å². The van der Waals surface area contributed by atoms with Crippen LogP contribution in [0.25, 0.3) is 0 Å². The molecule has 1 rings (SSSR count). The van der Waals surface area contributed by atoms with E-state index in [0.717, 1.165) is 17.6 Å². The fourth-order valence-corrected chi connectivity index (χ4v) is 1.04. The summed E-state index contributed by atoms with van der Waals surface area (Å²) in [6.07, 6.45) is 3.58. The molecular weight excluding hydrogens is 216 g/mol. The van der Waals surface area contributed by atoms with Crippen molar-refractivity contribution >= 4 is 15.9 Å². The van der Waals surface area contributed by atoms with Crippen LogP contribution in [0.15, 0.2) is 35.6 Å². The van der Waals surface area contributed by atoms with E-state index in [0.29, 0.717) is 0 Å². The van der Waals surface area contributed by atoms with Crippen molar-refractivity contribution in [2.24, 2.45) is 0 Å². The number of halogens is 1. The van der Waals surface area contributed by atoms with Crippen LogP contribution in [-0.2, 0) is 6.54 Å². The van der Waals surface area contributed by atoms with Crippen LogP contribution in [0.4, 0.5) is 0 Å². The molecule has 0 saturated heterocycles. The molecule has 0 unspecified atom stereocenters. The SMILES string of the molecule is C=C(Br)CNCc1ccncc1. The Balaban J connectivity index is 2.29. The highest BCUT2D eigenvalue weighted by Crippen LogP contribution is 1.99. The van der Waals surface area contributed by atoms with Crippen LogP contribution in [0.3, 0.4) is 0 Å². The summed E-state index contributed by atoms with van der Waals surface area (Å²) < 4.78 is 0.969. The van der Waals surface area contributed by atoms with Gasteiger partial charge in [0, 0.05) is 30.0 Å². The van der Waals surface area contributed by atoms with Gasteiger partial charge in [0.25, 0.3) is 0 Å². The molecule has 0 aliphatic carbocycles. The lowest BCUT2D eigenvalue weighted by atomic mass is 10.3. The van der Waals surface area contributed by atoms with Crippen molar-refractivity contribution in [3.8, 4) is 0 Å². The maximum absolute atomic E-state index is 3.93. The lowest BCUT2D eigenvalue weighted by Crippen LogP contribution is -2.14. The summed E-state index contributed by atoms with van der Waals surface area (Å²) in [7, 11) is 0. The summed E-state index contributed by atoms with van der Waals surface area (Å²) in [5.41, 5.74) is 1.23. The van der Waals surface area contributed by atoms with E-state index in [9.17, 15) is 0 Å². The van der Waals surface area contributed by atoms with Gasteiger partial charge >= 0.3 is 0 Å². The number of hydrogen-bond acceptors (Lipinski definition) is 2. The number of aromatic nitrogens is 1. The van der Waals surface area contributed by atoms with Crippen molar-refractivity contribution in [2.75, 3.05) is 6.54 Å². The Morgan fingerprint density at radius 1 is 1.50 bits per heavy atom. The molecular formula is C9H11BrN2. The first-order valence-corrected chi connectivity index (χ1v) is 4.51. The van der Waals surface area contributed by atoms with Crippen molar-refractivity contribution in [3.05, 3.63) is 41.2 Å². The van der Waals surface area contributed by atoms with Crippen LogP contribution < -0.4 is 5.32 Å². The van der Waals surface area contributed by atoms with Gasteiger partial charge in [-0.25, -0.2) is 0 Å². The molecule has 1 N–H and O–H groups in total. The van der Waals surface area contributed by atoms with E-state index < -0.39 is 0 Å². The van der Waals surface area contributed by atoms with Crippen LogP contribution in [0, 0.1) is 0 Å². The smallest absolute Gasteiger partial charge is 0.0271 e. The van der Waals surface area contributed by atoms with E-state index >= 15 is 0 Å². The topological polar surface area (TPSA) is 24.9 Å². The quantitative estimate of drug-likeness (QED) is 0.851. The molecule has 1 aromatic rings. The first-order chi connectivity index (χ1) is 5.79. The van der Waals surface area contributed by atoms with E-state index in [1.54, 1.807) is 12.4 Å². The average molecular weight is 227 g/mol. The summed E-state index contributed by atoms with van der Waals surface area (Å²) in [6, 6.07) is 3.98. The van der Waals surface area contributed by atoms with Gasteiger partial charge in [0.2, 0.25) is 0 Å². The van der Waals surface area contributed by atoms with Gasteiger partial charge in [-0.2, -0.15) is 0 Å². The molecule has 0 aromatic carbocycles. The molecule has 0 atom stereocenters. The molecule has 0 aliphatic rings. The third-order valence-corrected chi connectivity index (χ3v) is 1.68. The minimum absolute atomic E-state index is 0.794. The normalized spacial score (nSPS) is 9.75. The Morgan fingerprint density at radius 2 is 2.17 bits per heavy atom.